The third-order valence-corrected chi connectivity index (χ3v) is 3.87. The number of rotatable bonds is 4. The molecule has 1 aromatic heterocycles. The van der Waals surface area contributed by atoms with E-state index < -0.39 is 0 Å². The lowest BCUT2D eigenvalue weighted by molar-refractivity contribution is 0.173. The van der Waals surface area contributed by atoms with Gasteiger partial charge in [0.2, 0.25) is 6.79 Å². The van der Waals surface area contributed by atoms with Crippen molar-refractivity contribution in [2.24, 2.45) is 0 Å². The Bertz CT molecular complexity index is 604. The first-order valence-corrected chi connectivity index (χ1v) is 7.24. The van der Waals surface area contributed by atoms with Crippen LogP contribution in [0, 0.1) is 0 Å². The summed E-state index contributed by atoms with van der Waals surface area (Å²) in [7, 11) is 0. The second kappa shape index (κ2) is 5.81. The van der Waals surface area contributed by atoms with Crippen molar-refractivity contribution in [2.75, 3.05) is 6.79 Å². The number of halogens is 1. The van der Waals surface area contributed by atoms with Crippen LogP contribution in [0.1, 0.15) is 24.1 Å². The van der Waals surface area contributed by atoms with Crippen LogP contribution >= 0.6 is 15.9 Å². The first kappa shape index (κ1) is 13.4. The average molecular weight is 335 g/mol. The summed E-state index contributed by atoms with van der Waals surface area (Å²) in [6, 6.07) is 8.32. The smallest absolute Gasteiger partial charge is 0.231 e. The Kier molecular flexibility index (Phi) is 3.89. The van der Waals surface area contributed by atoms with Crippen molar-refractivity contribution in [3.63, 3.8) is 0 Å². The third-order valence-electron chi connectivity index (χ3n) is 3.28. The third kappa shape index (κ3) is 2.78. The predicted octanol–water partition coefficient (Wildman–Crippen LogP) is 3.42. The van der Waals surface area contributed by atoms with Gasteiger partial charge in [0.1, 0.15) is 0 Å². The van der Waals surface area contributed by atoms with Gasteiger partial charge in [0.25, 0.3) is 0 Å². The standard InChI is InChI=1S/C15H15BrN2O2/c1-10(12-3-2-4-17-8-12)18-7-11-5-13(16)15-14(6-11)19-9-20-15/h2-6,8,10,18H,7,9H2,1H3/t10-/m1/s1. The lowest BCUT2D eigenvalue weighted by atomic mass is 10.1. The molecule has 0 bridgehead atoms. The molecule has 5 heteroatoms. The van der Waals surface area contributed by atoms with E-state index in [1.807, 2.05) is 18.3 Å². The van der Waals surface area contributed by atoms with Crippen LogP contribution in [-0.4, -0.2) is 11.8 Å². The SMILES string of the molecule is C[C@@H](NCc1cc(Br)c2c(c1)OCO2)c1cccnc1. The van der Waals surface area contributed by atoms with Crippen molar-refractivity contribution in [1.29, 1.82) is 0 Å². The topological polar surface area (TPSA) is 43.4 Å². The lowest BCUT2D eigenvalue weighted by Gasteiger charge is -2.14. The molecule has 0 saturated heterocycles. The largest absolute Gasteiger partial charge is 0.454 e. The van der Waals surface area contributed by atoms with Crippen molar-refractivity contribution < 1.29 is 9.47 Å². The number of aromatic nitrogens is 1. The number of nitrogens with zero attached hydrogens (tertiary/aromatic N) is 1. The second-order valence-corrected chi connectivity index (χ2v) is 5.55. The van der Waals surface area contributed by atoms with E-state index in [-0.39, 0.29) is 12.8 Å². The van der Waals surface area contributed by atoms with Gasteiger partial charge in [-0.3, -0.25) is 4.98 Å². The van der Waals surface area contributed by atoms with Gasteiger partial charge >= 0.3 is 0 Å². The van der Waals surface area contributed by atoms with Crippen molar-refractivity contribution in [2.45, 2.75) is 19.5 Å². The number of nitrogens with one attached hydrogen (secondary N) is 1. The molecule has 4 nitrogen and oxygen atoms in total. The Morgan fingerprint density at radius 1 is 1.40 bits per heavy atom. The molecule has 1 aliphatic heterocycles. The van der Waals surface area contributed by atoms with E-state index in [2.05, 4.69) is 45.3 Å². The maximum atomic E-state index is 5.42. The van der Waals surface area contributed by atoms with Crippen LogP contribution < -0.4 is 14.8 Å². The highest BCUT2D eigenvalue weighted by Gasteiger charge is 2.18. The fraction of sp³-hybridized carbons (Fsp3) is 0.267. The molecule has 3 rings (SSSR count). The molecular weight excluding hydrogens is 320 g/mol. The van der Waals surface area contributed by atoms with Crippen LogP contribution in [0.25, 0.3) is 0 Å². The van der Waals surface area contributed by atoms with Crippen LogP contribution in [-0.2, 0) is 6.54 Å². The van der Waals surface area contributed by atoms with Gasteiger partial charge < -0.3 is 14.8 Å². The zero-order valence-corrected chi connectivity index (χ0v) is 12.7. The van der Waals surface area contributed by atoms with Crippen LogP contribution in [0.4, 0.5) is 0 Å². The highest BCUT2D eigenvalue weighted by Crippen LogP contribution is 2.40. The van der Waals surface area contributed by atoms with E-state index in [4.69, 9.17) is 9.47 Å². The van der Waals surface area contributed by atoms with Gasteiger partial charge in [-0.15, -0.1) is 0 Å². The van der Waals surface area contributed by atoms with Crippen LogP contribution in [0.2, 0.25) is 0 Å². The molecule has 20 heavy (non-hydrogen) atoms. The highest BCUT2D eigenvalue weighted by molar-refractivity contribution is 9.10. The molecule has 104 valence electrons. The number of fused-ring (bicyclic) bond motifs is 1. The molecule has 1 aliphatic rings. The molecular formula is C15H15BrN2O2. The minimum absolute atomic E-state index is 0.243. The molecule has 0 spiro atoms. The van der Waals surface area contributed by atoms with Gasteiger partial charge in [-0.25, -0.2) is 0 Å². The summed E-state index contributed by atoms with van der Waals surface area (Å²) in [6.07, 6.45) is 3.67. The van der Waals surface area contributed by atoms with Gasteiger partial charge in [0.05, 0.1) is 4.47 Å². The summed E-state index contributed by atoms with van der Waals surface area (Å²) < 4.78 is 11.7. The fourth-order valence-electron chi connectivity index (χ4n) is 2.14. The van der Waals surface area contributed by atoms with E-state index in [1.165, 1.54) is 5.56 Å². The number of pyridine rings is 1. The van der Waals surface area contributed by atoms with E-state index in [9.17, 15) is 0 Å². The summed E-state index contributed by atoms with van der Waals surface area (Å²) >= 11 is 3.51. The van der Waals surface area contributed by atoms with E-state index in [0.29, 0.717) is 0 Å². The first-order chi connectivity index (χ1) is 9.74. The molecule has 1 atom stereocenters. The van der Waals surface area contributed by atoms with Crippen molar-refractivity contribution in [3.8, 4) is 11.5 Å². The maximum Gasteiger partial charge on any atom is 0.231 e. The monoisotopic (exact) mass is 334 g/mol. The number of ether oxygens (including phenoxy) is 2. The van der Waals surface area contributed by atoms with E-state index in [0.717, 1.165) is 28.1 Å². The van der Waals surface area contributed by atoms with E-state index >= 15 is 0 Å². The van der Waals surface area contributed by atoms with Crippen LogP contribution in [0.3, 0.4) is 0 Å². The van der Waals surface area contributed by atoms with Gasteiger partial charge in [-0.1, -0.05) is 6.07 Å². The molecule has 2 heterocycles. The second-order valence-electron chi connectivity index (χ2n) is 4.70. The molecule has 0 radical (unpaired) electrons. The Morgan fingerprint density at radius 3 is 3.10 bits per heavy atom. The molecule has 0 aliphatic carbocycles. The van der Waals surface area contributed by atoms with Crippen molar-refractivity contribution in [1.82, 2.24) is 10.3 Å². The van der Waals surface area contributed by atoms with Crippen LogP contribution in [0.15, 0.2) is 41.1 Å². The zero-order valence-electron chi connectivity index (χ0n) is 11.1. The molecule has 0 saturated carbocycles. The maximum absolute atomic E-state index is 5.42. The highest BCUT2D eigenvalue weighted by atomic mass is 79.9. The minimum Gasteiger partial charge on any atom is -0.454 e. The molecule has 0 fully saturated rings. The van der Waals surface area contributed by atoms with Gasteiger partial charge in [-0.05, 0) is 52.2 Å². The quantitative estimate of drug-likeness (QED) is 0.930. The fourth-order valence-corrected chi connectivity index (χ4v) is 2.75. The Labute approximate surface area is 126 Å². The molecule has 2 aromatic rings. The minimum atomic E-state index is 0.243. The summed E-state index contributed by atoms with van der Waals surface area (Å²) in [5.41, 5.74) is 2.32. The summed E-state index contributed by atoms with van der Waals surface area (Å²) in [5, 5.41) is 3.48. The lowest BCUT2D eigenvalue weighted by Crippen LogP contribution is -2.18. The van der Waals surface area contributed by atoms with Gasteiger partial charge in [0.15, 0.2) is 11.5 Å². The Balaban J connectivity index is 1.68. The normalized spacial score (nSPS) is 14.3. The summed E-state index contributed by atoms with van der Waals surface area (Å²) in [6.45, 7) is 3.17. The van der Waals surface area contributed by atoms with Gasteiger partial charge in [0, 0.05) is 25.0 Å². The molecule has 1 aromatic carbocycles. The van der Waals surface area contributed by atoms with Crippen molar-refractivity contribution in [3.05, 3.63) is 52.3 Å². The number of benzene rings is 1. The van der Waals surface area contributed by atoms with Crippen molar-refractivity contribution >= 4 is 15.9 Å². The van der Waals surface area contributed by atoms with E-state index in [1.54, 1.807) is 6.20 Å². The van der Waals surface area contributed by atoms with Crippen LogP contribution in [0.5, 0.6) is 11.5 Å². The number of hydrogen-bond donors (Lipinski definition) is 1. The zero-order chi connectivity index (χ0) is 13.9. The predicted molar refractivity (Wildman–Crippen MR) is 79.8 cm³/mol. The van der Waals surface area contributed by atoms with Gasteiger partial charge in [-0.2, -0.15) is 0 Å². The molecule has 1 N–H and O–H groups in total. The number of hydrogen-bond acceptors (Lipinski definition) is 4. The average Bonchev–Trinajstić information content (AvgIpc) is 2.94. The Hall–Kier alpha value is -1.59. The summed E-state index contributed by atoms with van der Waals surface area (Å²) in [4.78, 5) is 4.14. The molecule has 0 amide bonds. The Morgan fingerprint density at radius 2 is 2.30 bits per heavy atom. The molecule has 0 unspecified atom stereocenters. The first-order valence-electron chi connectivity index (χ1n) is 6.45. The summed E-state index contributed by atoms with van der Waals surface area (Å²) in [5.74, 6) is 1.58.